The summed E-state index contributed by atoms with van der Waals surface area (Å²) < 4.78 is 0. The first kappa shape index (κ1) is 16.1. The largest absolute Gasteiger partial charge is 0.355 e. The summed E-state index contributed by atoms with van der Waals surface area (Å²) in [5.74, 6) is 0.0998. The Morgan fingerprint density at radius 2 is 1.50 bits per heavy atom. The van der Waals surface area contributed by atoms with E-state index in [2.05, 4.69) is 19.2 Å². The maximum Gasteiger partial charge on any atom is 0.255 e. The van der Waals surface area contributed by atoms with E-state index in [0.717, 1.165) is 42.9 Å². The number of nitrogens with one attached hydrogen (secondary N) is 1. The second-order valence-electron chi connectivity index (χ2n) is 5.33. The smallest absolute Gasteiger partial charge is 0.255 e. The Morgan fingerprint density at radius 3 is 2.14 bits per heavy atom. The van der Waals surface area contributed by atoms with E-state index in [1.807, 2.05) is 59.5 Å². The number of carbonyl (C=O) groups excluding carboxylic acids is 1. The summed E-state index contributed by atoms with van der Waals surface area (Å²) in [4.78, 5) is 14.8. The van der Waals surface area contributed by atoms with E-state index in [-0.39, 0.29) is 5.91 Å². The highest BCUT2D eigenvalue weighted by molar-refractivity contribution is 6.00. The van der Waals surface area contributed by atoms with Gasteiger partial charge in [-0.3, -0.25) is 4.79 Å². The van der Waals surface area contributed by atoms with E-state index >= 15 is 0 Å². The van der Waals surface area contributed by atoms with E-state index in [0.29, 0.717) is 0 Å². The molecule has 0 aliphatic carbocycles. The van der Waals surface area contributed by atoms with Gasteiger partial charge < -0.3 is 10.2 Å². The molecule has 0 unspecified atom stereocenters. The molecular formula is C19H24N2O. The molecule has 1 amide bonds. The van der Waals surface area contributed by atoms with Crippen molar-refractivity contribution in [2.75, 3.05) is 18.4 Å². The summed E-state index contributed by atoms with van der Waals surface area (Å²) in [6.45, 7) is 5.80. The van der Waals surface area contributed by atoms with Crippen LogP contribution in [0.3, 0.4) is 0 Å². The summed E-state index contributed by atoms with van der Waals surface area (Å²) in [6, 6.07) is 17.6. The predicted molar refractivity (Wildman–Crippen MR) is 92.7 cm³/mol. The number of rotatable bonds is 7. The number of nitrogens with zero attached hydrogens (tertiary/aromatic N) is 1. The van der Waals surface area contributed by atoms with Crippen molar-refractivity contribution in [2.45, 2.75) is 26.7 Å². The fraction of sp³-hybridized carbons (Fsp3) is 0.316. The number of hydrogen-bond acceptors (Lipinski definition) is 2. The first-order valence-corrected chi connectivity index (χ1v) is 7.96. The predicted octanol–water partition coefficient (Wildman–Crippen LogP) is 4.69. The van der Waals surface area contributed by atoms with Crippen LogP contribution < -0.4 is 5.32 Å². The molecule has 0 spiro atoms. The molecule has 0 fully saturated rings. The fourth-order valence-electron chi connectivity index (χ4n) is 2.48. The Kier molecular flexibility index (Phi) is 6.01. The molecule has 0 atom stereocenters. The second kappa shape index (κ2) is 8.23. The van der Waals surface area contributed by atoms with Crippen LogP contribution in [-0.2, 0) is 0 Å². The van der Waals surface area contributed by atoms with Crippen molar-refractivity contribution in [2.24, 2.45) is 0 Å². The Morgan fingerprint density at radius 1 is 0.909 bits per heavy atom. The van der Waals surface area contributed by atoms with Crippen molar-refractivity contribution in [1.29, 1.82) is 0 Å². The molecule has 0 aliphatic heterocycles. The Balaban J connectivity index is 2.25. The number of anilines is 2. The highest BCUT2D eigenvalue weighted by atomic mass is 16.2. The highest BCUT2D eigenvalue weighted by Crippen LogP contribution is 2.22. The van der Waals surface area contributed by atoms with Crippen LogP contribution in [0, 0.1) is 0 Å². The van der Waals surface area contributed by atoms with Crippen molar-refractivity contribution in [3.05, 3.63) is 60.2 Å². The van der Waals surface area contributed by atoms with Crippen molar-refractivity contribution in [1.82, 2.24) is 4.90 Å². The molecule has 0 aliphatic rings. The lowest BCUT2D eigenvalue weighted by Gasteiger charge is -2.23. The zero-order valence-corrected chi connectivity index (χ0v) is 13.4. The van der Waals surface area contributed by atoms with Crippen LogP contribution in [0.1, 0.15) is 37.0 Å². The lowest BCUT2D eigenvalue weighted by molar-refractivity contribution is 0.0756. The standard InChI is InChI=1S/C19H24N2O/c1-3-14-21(15-4-2)19(22)17-12-8-9-13-18(17)20-16-10-6-5-7-11-16/h5-13,20H,3-4,14-15H2,1-2H3. The molecule has 0 aromatic heterocycles. The second-order valence-corrected chi connectivity index (χ2v) is 5.33. The molecule has 0 saturated heterocycles. The van der Waals surface area contributed by atoms with Crippen LogP contribution in [0.2, 0.25) is 0 Å². The zero-order chi connectivity index (χ0) is 15.8. The molecule has 2 aromatic rings. The van der Waals surface area contributed by atoms with Gasteiger partial charge in [-0.05, 0) is 37.1 Å². The van der Waals surface area contributed by atoms with Gasteiger partial charge >= 0.3 is 0 Å². The van der Waals surface area contributed by atoms with Gasteiger partial charge in [0.25, 0.3) is 5.91 Å². The van der Waals surface area contributed by atoms with Crippen molar-refractivity contribution >= 4 is 17.3 Å². The summed E-state index contributed by atoms with van der Waals surface area (Å²) in [6.07, 6.45) is 1.94. The number of carbonyl (C=O) groups is 1. The van der Waals surface area contributed by atoms with E-state index in [9.17, 15) is 4.79 Å². The first-order valence-electron chi connectivity index (χ1n) is 7.96. The van der Waals surface area contributed by atoms with Crippen molar-refractivity contribution in [3.63, 3.8) is 0 Å². The van der Waals surface area contributed by atoms with E-state index in [4.69, 9.17) is 0 Å². The van der Waals surface area contributed by atoms with Crippen LogP contribution in [0.5, 0.6) is 0 Å². The lowest BCUT2D eigenvalue weighted by atomic mass is 10.1. The molecule has 0 radical (unpaired) electrons. The quantitative estimate of drug-likeness (QED) is 0.803. The maximum absolute atomic E-state index is 12.8. The van der Waals surface area contributed by atoms with Crippen LogP contribution in [0.25, 0.3) is 0 Å². The topological polar surface area (TPSA) is 32.3 Å². The minimum absolute atomic E-state index is 0.0998. The van der Waals surface area contributed by atoms with Gasteiger partial charge in [-0.1, -0.05) is 44.2 Å². The third-order valence-corrected chi connectivity index (χ3v) is 3.48. The van der Waals surface area contributed by atoms with Crippen LogP contribution >= 0.6 is 0 Å². The Bertz CT molecular complexity index is 589. The van der Waals surface area contributed by atoms with E-state index in [1.165, 1.54) is 0 Å². The Labute approximate surface area is 133 Å². The molecule has 0 heterocycles. The van der Waals surface area contributed by atoms with Crippen molar-refractivity contribution < 1.29 is 4.79 Å². The average molecular weight is 296 g/mol. The monoisotopic (exact) mass is 296 g/mol. The first-order chi connectivity index (χ1) is 10.8. The molecule has 22 heavy (non-hydrogen) atoms. The van der Waals surface area contributed by atoms with Gasteiger partial charge in [0, 0.05) is 18.8 Å². The molecule has 0 bridgehead atoms. The fourth-order valence-corrected chi connectivity index (χ4v) is 2.48. The minimum Gasteiger partial charge on any atom is -0.355 e. The van der Waals surface area contributed by atoms with Gasteiger partial charge in [-0.15, -0.1) is 0 Å². The van der Waals surface area contributed by atoms with Crippen LogP contribution in [0.4, 0.5) is 11.4 Å². The molecular weight excluding hydrogens is 272 g/mol. The number of hydrogen-bond donors (Lipinski definition) is 1. The van der Waals surface area contributed by atoms with E-state index in [1.54, 1.807) is 0 Å². The lowest BCUT2D eigenvalue weighted by Crippen LogP contribution is -2.32. The van der Waals surface area contributed by atoms with Crippen molar-refractivity contribution in [3.8, 4) is 0 Å². The van der Waals surface area contributed by atoms with Gasteiger partial charge in [-0.2, -0.15) is 0 Å². The van der Waals surface area contributed by atoms with Crippen LogP contribution in [0.15, 0.2) is 54.6 Å². The van der Waals surface area contributed by atoms with Gasteiger partial charge in [-0.25, -0.2) is 0 Å². The van der Waals surface area contributed by atoms with Gasteiger partial charge in [0.1, 0.15) is 0 Å². The molecule has 1 N–H and O–H groups in total. The Hall–Kier alpha value is -2.29. The molecule has 3 nitrogen and oxygen atoms in total. The van der Waals surface area contributed by atoms with Gasteiger partial charge in [0.05, 0.1) is 11.3 Å². The van der Waals surface area contributed by atoms with E-state index < -0.39 is 0 Å². The molecule has 2 aromatic carbocycles. The summed E-state index contributed by atoms with van der Waals surface area (Å²) in [5.41, 5.74) is 2.57. The summed E-state index contributed by atoms with van der Waals surface area (Å²) in [5, 5.41) is 3.35. The number of benzene rings is 2. The van der Waals surface area contributed by atoms with Gasteiger partial charge in [0.15, 0.2) is 0 Å². The average Bonchev–Trinajstić information content (AvgIpc) is 2.55. The normalized spacial score (nSPS) is 10.3. The SMILES string of the molecule is CCCN(CCC)C(=O)c1ccccc1Nc1ccccc1. The summed E-state index contributed by atoms with van der Waals surface area (Å²) >= 11 is 0. The van der Waals surface area contributed by atoms with Gasteiger partial charge in [0.2, 0.25) is 0 Å². The zero-order valence-electron chi connectivity index (χ0n) is 13.4. The third-order valence-electron chi connectivity index (χ3n) is 3.48. The number of amides is 1. The molecule has 3 heteroatoms. The number of para-hydroxylation sites is 2. The highest BCUT2D eigenvalue weighted by Gasteiger charge is 2.17. The van der Waals surface area contributed by atoms with Crippen LogP contribution in [-0.4, -0.2) is 23.9 Å². The summed E-state index contributed by atoms with van der Waals surface area (Å²) in [7, 11) is 0. The molecule has 116 valence electrons. The maximum atomic E-state index is 12.8. The molecule has 2 rings (SSSR count). The third kappa shape index (κ3) is 4.10. The minimum atomic E-state index is 0.0998. The molecule has 0 saturated carbocycles.